The summed E-state index contributed by atoms with van der Waals surface area (Å²) in [5.41, 5.74) is 1.72. The molecular weight excluding hydrogens is 287 g/mol. The molecule has 2 heterocycles. The van der Waals surface area contributed by atoms with E-state index in [4.69, 9.17) is 0 Å². The van der Waals surface area contributed by atoms with Crippen molar-refractivity contribution >= 4 is 21.6 Å². The van der Waals surface area contributed by atoms with Crippen molar-refractivity contribution in [3.8, 4) is 11.1 Å². The van der Waals surface area contributed by atoms with Gasteiger partial charge in [0.25, 0.3) is 5.56 Å². The largest absolute Gasteiger partial charge is 0.293 e. The number of halogens is 1. The predicted molar refractivity (Wildman–Crippen MR) is 84.7 cm³/mol. The Bertz CT molecular complexity index is 823. The average molecular weight is 302 g/mol. The molecule has 0 aliphatic heterocycles. The zero-order valence-electron chi connectivity index (χ0n) is 11.7. The second-order valence-corrected chi connectivity index (χ2v) is 5.58. The van der Waals surface area contributed by atoms with Gasteiger partial charge in [-0.25, -0.2) is 9.37 Å². The first-order chi connectivity index (χ1) is 10.3. The van der Waals surface area contributed by atoms with E-state index in [1.807, 2.05) is 42.6 Å². The molecule has 0 aliphatic carbocycles. The summed E-state index contributed by atoms with van der Waals surface area (Å²) in [5, 5.41) is 2.55. The molecule has 3 nitrogen and oxygen atoms in total. The van der Waals surface area contributed by atoms with Gasteiger partial charge in [-0.05, 0) is 5.56 Å². The van der Waals surface area contributed by atoms with Crippen LogP contribution in [0.1, 0.15) is 12.7 Å². The molecule has 0 aliphatic rings. The van der Waals surface area contributed by atoms with Gasteiger partial charge in [0.05, 0.1) is 11.9 Å². The summed E-state index contributed by atoms with van der Waals surface area (Å²) in [7, 11) is 0. The van der Waals surface area contributed by atoms with Crippen LogP contribution in [0.2, 0.25) is 0 Å². The van der Waals surface area contributed by atoms with E-state index in [-0.39, 0.29) is 12.1 Å². The van der Waals surface area contributed by atoms with Gasteiger partial charge in [-0.3, -0.25) is 9.36 Å². The second-order valence-electron chi connectivity index (χ2n) is 4.72. The smallest absolute Gasteiger partial charge is 0.262 e. The SMILES string of the molecule is CCc1nc2scc(-c3ccccc3)c2c(=O)n1CCF. The summed E-state index contributed by atoms with van der Waals surface area (Å²) in [6.07, 6.45) is 0.615. The Morgan fingerprint density at radius 3 is 2.71 bits per heavy atom. The minimum absolute atomic E-state index is 0.0645. The third kappa shape index (κ3) is 2.38. The lowest BCUT2D eigenvalue weighted by Crippen LogP contribution is -2.25. The van der Waals surface area contributed by atoms with Crippen molar-refractivity contribution in [1.82, 2.24) is 9.55 Å². The van der Waals surface area contributed by atoms with Gasteiger partial charge in [-0.2, -0.15) is 0 Å². The quantitative estimate of drug-likeness (QED) is 0.737. The lowest BCUT2D eigenvalue weighted by molar-refractivity contribution is 0.432. The molecule has 0 bridgehead atoms. The molecule has 3 rings (SSSR count). The standard InChI is InChI=1S/C16H15FN2OS/c1-2-13-18-15-14(16(20)19(13)9-8-17)12(10-21-15)11-6-4-3-5-7-11/h3-7,10H,2,8-9H2,1H3. The molecule has 3 aromatic rings. The van der Waals surface area contributed by atoms with Crippen LogP contribution in [0.3, 0.4) is 0 Å². The second kappa shape index (κ2) is 5.77. The van der Waals surface area contributed by atoms with Crippen LogP contribution in [0.4, 0.5) is 4.39 Å². The number of fused-ring (bicyclic) bond motifs is 1. The fourth-order valence-electron chi connectivity index (χ4n) is 2.48. The van der Waals surface area contributed by atoms with Gasteiger partial charge < -0.3 is 0 Å². The average Bonchev–Trinajstić information content (AvgIpc) is 2.95. The molecule has 1 aromatic carbocycles. The van der Waals surface area contributed by atoms with Gasteiger partial charge in [-0.1, -0.05) is 37.3 Å². The van der Waals surface area contributed by atoms with Crippen molar-refractivity contribution in [1.29, 1.82) is 0 Å². The first kappa shape index (κ1) is 13.9. The van der Waals surface area contributed by atoms with Gasteiger partial charge in [-0.15, -0.1) is 11.3 Å². The molecule has 0 saturated heterocycles. The Labute approximate surface area is 125 Å². The molecular formula is C16H15FN2OS. The maximum absolute atomic E-state index is 12.7. The highest BCUT2D eigenvalue weighted by atomic mass is 32.1. The van der Waals surface area contributed by atoms with Crippen LogP contribution < -0.4 is 5.56 Å². The maximum atomic E-state index is 12.7. The molecule has 2 aromatic heterocycles. The van der Waals surface area contributed by atoms with Gasteiger partial charge in [0.1, 0.15) is 17.3 Å². The Kier molecular flexibility index (Phi) is 3.84. The van der Waals surface area contributed by atoms with E-state index in [1.54, 1.807) is 0 Å². The van der Waals surface area contributed by atoms with Crippen LogP contribution in [0.25, 0.3) is 21.3 Å². The number of hydrogen-bond donors (Lipinski definition) is 0. The molecule has 0 saturated carbocycles. The molecule has 0 fully saturated rings. The summed E-state index contributed by atoms with van der Waals surface area (Å²) in [4.78, 5) is 18.0. The highest BCUT2D eigenvalue weighted by Crippen LogP contribution is 2.30. The number of rotatable bonds is 4. The molecule has 0 N–H and O–H groups in total. The zero-order valence-corrected chi connectivity index (χ0v) is 12.5. The Hall–Kier alpha value is -2.01. The predicted octanol–water partition coefficient (Wildman–Crippen LogP) is 3.66. The molecule has 21 heavy (non-hydrogen) atoms. The van der Waals surface area contributed by atoms with Gasteiger partial charge in [0, 0.05) is 17.4 Å². The first-order valence-electron chi connectivity index (χ1n) is 6.88. The fourth-order valence-corrected chi connectivity index (χ4v) is 3.44. The van der Waals surface area contributed by atoms with Crippen molar-refractivity contribution in [2.75, 3.05) is 6.67 Å². The number of alkyl halides is 1. The van der Waals surface area contributed by atoms with E-state index in [0.717, 1.165) is 16.0 Å². The molecule has 0 spiro atoms. The molecule has 0 amide bonds. The molecule has 108 valence electrons. The van der Waals surface area contributed by atoms with Crippen LogP contribution in [0.15, 0.2) is 40.5 Å². The number of thiophene rings is 1. The monoisotopic (exact) mass is 302 g/mol. The van der Waals surface area contributed by atoms with Crippen molar-refractivity contribution in [3.63, 3.8) is 0 Å². The normalized spacial score (nSPS) is 11.1. The van der Waals surface area contributed by atoms with E-state index >= 15 is 0 Å². The van der Waals surface area contributed by atoms with Crippen molar-refractivity contribution < 1.29 is 4.39 Å². The third-order valence-corrected chi connectivity index (χ3v) is 4.35. The van der Waals surface area contributed by atoms with E-state index in [1.165, 1.54) is 15.9 Å². The van der Waals surface area contributed by atoms with Crippen LogP contribution in [0, 0.1) is 0 Å². The maximum Gasteiger partial charge on any atom is 0.262 e. The minimum Gasteiger partial charge on any atom is -0.293 e. The Balaban J connectivity index is 2.31. The summed E-state index contributed by atoms with van der Waals surface area (Å²) >= 11 is 1.46. The first-order valence-corrected chi connectivity index (χ1v) is 7.76. The topological polar surface area (TPSA) is 34.9 Å². The van der Waals surface area contributed by atoms with Gasteiger partial charge in [0.2, 0.25) is 0 Å². The Morgan fingerprint density at radius 2 is 2.05 bits per heavy atom. The van der Waals surface area contributed by atoms with Crippen LogP contribution in [-0.4, -0.2) is 16.2 Å². The third-order valence-electron chi connectivity index (χ3n) is 3.48. The van der Waals surface area contributed by atoms with Crippen LogP contribution in [-0.2, 0) is 13.0 Å². The van der Waals surface area contributed by atoms with Crippen molar-refractivity contribution in [2.45, 2.75) is 19.9 Å². The molecule has 0 radical (unpaired) electrons. The highest BCUT2D eigenvalue weighted by molar-refractivity contribution is 7.17. The van der Waals surface area contributed by atoms with E-state index in [9.17, 15) is 9.18 Å². The zero-order chi connectivity index (χ0) is 14.8. The lowest BCUT2D eigenvalue weighted by Gasteiger charge is -2.09. The number of benzene rings is 1. The molecule has 0 unspecified atom stereocenters. The highest BCUT2D eigenvalue weighted by Gasteiger charge is 2.15. The lowest BCUT2D eigenvalue weighted by atomic mass is 10.1. The van der Waals surface area contributed by atoms with Gasteiger partial charge >= 0.3 is 0 Å². The summed E-state index contributed by atoms with van der Waals surface area (Å²) in [5.74, 6) is 0.645. The number of hydrogen-bond acceptors (Lipinski definition) is 3. The van der Waals surface area contributed by atoms with Crippen molar-refractivity contribution in [2.24, 2.45) is 0 Å². The van der Waals surface area contributed by atoms with E-state index in [0.29, 0.717) is 17.6 Å². The molecule has 0 atom stereocenters. The number of aromatic nitrogens is 2. The summed E-state index contributed by atoms with van der Waals surface area (Å²) < 4.78 is 14.2. The molecule has 5 heteroatoms. The summed E-state index contributed by atoms with van der Waals surface area (Å²) in [6, 6.07) is 9.74. The van der Waals surface area contributed by atoms with E-state index < -0.39 is 6.67 Å². The van der Waals surface area contributed by atoms with Gasteiger partial charge in [0.15, 0.2) is 0 Å². The van der Waals surface area contributed by atoms with Crippen LogP contribution >= 0.6 is 11.3 Å². The fraction of sp³-hybridized carbons (Fsp3) is 0.250. The Morgan fingerprint density at radius 1 is 1.29 bits per heavy atom. The summed E-state index contributed by atoms with van der Waals surface area (Å²) in [6.45, 7) is 1.42. The van der Waals surface area contributed by atoms with E-state index in [2.05, 4.69) is 4.98 Å². The number of aryl methyl sites for hydroxylation is 1. The number of nitrogens with zero attached hydrogens (tertiary/aromatic N) is 2. The van der Waals surface area contributed by atoms with Crippen LogP contribution in [0.5, 0.6) is 0 Å². The van der Waals surface area contributed by atoms with Crippen molar-refractivity contribution in [3.05, 3.63) is 51.9 Å². The minimum atomic E-state index is -0.565.